The quantitative estimate of drug-likeness (QED) is 0.622. The molecular formula is C14H22ClN3O3. The van der Waals surface area contributed by atoms with Crippen molar-refractivity contribution in [2.24, 2.45) is 5.73 Å². The number of methoxy groups -OCH3 is 1. The molecule has 2 amide bonds. The summed E-state index contributed by atoms with van der Waals surface area (Å²) in [4.78, 5) is 23.0. The van der Waals surface area contributed by atoms with Gasteiger partial charge in [-0.05, 0) is 12.0 Å². The van der Waals surface area contributed by atoms with Gasteiger partial charge in [-0.1, -0.05) is 30.3 Å². The average molecular weight is 316 g/mol. The van der Waals surface area contributed by atoms with Crippen LogP contribution in [0.5, 0.6) is 0 Å². The molecule has 0 aliphatic rings. The summed E-state index contributed by atoms with van der Waals surface area (Å²) in [5.74, 6) is -0.635. The number of benzene rings is 1. The molecule has 0 heterocycles. The van der Waals surface area contributed by atoms with Crippen molar-refractivity contribution in [3.8, 4) is 0 Å². The third-order valence-electron chi connectivity index (χ3n) is 2.68. The van der Waals surface area contributed by atoms with Gasteiger partial charge in [0.05, 0.1) is 13.2 Å². The van der Waals surface area contributed by atoms with Gasteiger partial charge >= 0.3 is 0 Å². The second kappa shape index (κ2) is 11.1. The number of nitrogens with one attached hydrogen (secondary N) is 2. The first kappa shape index (κ1) is 19.4. The van der Waals surface area contributed by atoms with E-state index in [0.29, 0.717) is 6.54 Å². The van der Waals surface area contributed by atoms with E-state index < -0.39 is 11.9 Å². The number of ether oxygens (including phenoxy) is 1. The lowest BCUT2D eigenvalue weighted by molar-refractivity contribution is -0.127. The van der Waals surface area contributed by atoms with E-state index in [-0.39, 0.29) is 31.5 Å². The highest BCUT2D eigenvalue weighted by molar-refractivity contribution is 5.87. The minimum Gasteiger partial charge on any atom is -0.383 e. The van der Waals surface area contributed by atoms with Gasteiger partial charge in [0.1, 0.15) is 6.04 Å². The maximum absolute atomic E-state index is 11.5. The minimum absolute atomic E-state index is 0. The fourth-order valence-corrected chi connectivity index (χ4v) is 1.61. The lowest BCUT2D eigenvalue weighted by atomic mass is 10.1. The third kappa shape index (κ3) is 8.29. The molecule has 1 unspecified atom stereocenters. The van der Waals surface area contributed by atoms with Crippen LogP contribution in [0.25, 0.3) is 0 Å². The zero-order valence-corrected chi connectivity index (χ0v) is 12.8. The molecule has 0 aliphatic heterocycles. The Morgan fingerprint density at radius 3 is 2.52 bits per heavy atom. The molecular weight excluding hydrogens is 294 g/mol. The summed E-state index contributed by atoms with van der Waals surface area (Å²) in [7, 11) is 1.46. The highest BCUT2D eigenvalue weighted by Gasteiger charge is 2.13. The molecule has 21 heavy (non-hydrogen) atoms. The molecule has 0 aromatic heterocycles. The predicted octanol–water partition coefficient (Wildman–Crippen LogP) is -0.143. The fourth-order valence-electron chi connectivity index (χ4n) is 1.61. The van der Waals surface area contributed by atoms with Gasteiger partial charge in [0, 0.05) is 13.7 Å². The van der Waals surface area contributed by atoms with Crippen LogP contribution < -0.4 is 16.4 Å². The van der Waals surface area contributed by atoms with Crippen molar-refractivity contribution in [1.82, 2.24) is 10.6 Å². The van der Waals surface area contributed by atoms with Crippen LogP contribution in [0.15, 0.2) is 30.3 Å². The second-order valence-corrected chi connectivity index (χ2v) is 4.37. The predicted molar refractivity (Wildman–Crippen MR) is 83.3 cm³/mol. The Kier molecular flexibility index (Phi) is 10.2. The number of hydrogen-bond donors (Lipinski definition) is 3. The first-order valence-electron chi connectivity index (χ1n) is 6.46. The summed E-state index contributed by atoms with van der Waals surface area (Å²) < 4.78 is 4.76. The Morgan fingerprint density at radius 2 is 1.90 bits per heavy atom. The number of rotatable bonds is 8. The molecule has 0 spiro atoms. The van der Waals surface area contributed by atoms with Crippen molar-refractivity contribution in [1.29, 1.82) is 0 Å². The van der Waals surface area contributed by atoms with Gasteiger partial charge in [-0.25, -0.2) is 0 Å². The molecule has 0 saturated carbocycles. The number of carbonyl (C=O) groups is 2. The van der Waals surface area contributed by atoms with Crippen LogP contribution in [-0.4, -0.2) is 44.7 Å². The largest absolute Gasteiger partial charge is 0.383 e. The zero-order valence-electron chi connectivity index (χ0n) is 12.0. The Hall–Kier alpha value is -1.63. The zero-order chi connectivity index (χ0) is 14.8. The molecule has 1 aromatic carbocycles. The van der Waals surface area contributed by atoms with Gasteiger partial charge in [-0.15, -0.1) is 12.4 Å². The molecule has 118 valence electrons. The van der Waals surface area contributed by atoms with Crippen molar-refractivity contribution < 1.29 is 14.3 Å². The van der Waals surface area contributed by atoms with Gasteiger partial charge in [-0.2, -0.15) is 0 Å². The third-order valence-corrected chi connectivity index (χ3v) is 2.68. The maximum atomic E-state index is 11.5. The van der Waals surface area contributed by atoms with Crippen LogP contribution in [0.3, 0.4) is 0 Å². The van der Waals surface area contributed by atoms with E-state index in [1.54, 1.807) is 0 Å². The Bertz CT molecular complexity index is 429. The Morgan fingerprint density at radius 1 is 1.24 bits per heavy atom. The van der Waals surface area contributed by atoms with Crippen molar-refractivity contribution in [3.63, 3.8) is 0 Å². The first-order valence-corrected chi connectivity index (χ1v) is 6.46. The molecule has 1 atom stereocenters. The van der Waals surface area contributed by atoms with Crippen LogP contribution in [0.2, 0.25) is 0 Å². The summed E-state index contributed by atoms with van der Waals surface area (Å²) in [6.45, 7) is 0.579. The van der Waals surface area contributed by atoms with E-state index in [9.17, 15) is 9.59 Å². The monoisotopic (exact) mass is 315 g/mol. The van der Waals surface area contributed by atoms with Gasteiger partial charge in [0.2, 0.25) is 11.8 Å². The fraction of sp³-hybridized carbons (Fsp3) is 0.429. The van der Waals surface area contributed by atoms with Crippen LogP contribution in [0.4, 0.5) is 0 Å². The molecule has 7 heteroatoms. The molecule has 0 bridgehead atoms. The average Bonchev–Trinajstić information content (AvgIpc) is 2.46. The van der Waals surface area contributed by atoms with Gasteiger partial charge in [-0.3, -0.25) is 9.59 Å². The van der Waals surface area contributed by atoms with E-state index >= 15 is 0 Å². The summed E-state index contributed by atoms with van der Waals surface area (Å²) in [6.07, 6.45) is 0.754. The van der Waals surface area contributed by atoms with Gasteiger partial charge < -0.3 is 21.1 Å². The maximum Gasteiger partial charge on any atom is 0.239 e. The summed E-state index contributed by atoms with van der Waals surface area (Å²) >= 11 is 0. The number of carbonyl (C=O) groups excluding carboxylic acids is 2. The normalized spacial score (nSPS) is 11.1. The van der Waals surface area contributed by atoms with Crippen LogP contribution in [-0.2, 0) is 20.7 Å². The number of halogens is 1. The molecule has 4 N–H and O–H groups in total. The highest BCUT2D eigenvalue weighted by Crippen LogP contribution is 1.97. The molecule has 0 saturated heterocycles. The van der Waals surface area contributed by atoms with E-state index in [0.717, 1.165) is 12.0 Å². The van der Waals surface area contributed by atoms with Crippen LogP contribution in [0, 0.1) is 0 Å². The van der Waals surface area contributed by atoms with Crippen molar-refractivity contribution in [2.75, 3.05) is 26.8 Å². The second-order valence-electron chi connectivity index (χ2n) is 4.37. The van der Waals surface area contributed by atoms with E-state index in [2.05, 4.69) is 10.6 Å². The van der Waals surface area contributed by atoms with Gasteiger partial charge in [0.25, 0.3) is 0 Å². The molecule has 1 rings (SSSR count). The minimum atomic E-state index is -0.753. The molecule has 0 radical (unpaired) electrons. The van der Waals surface area contributed by atoms with E-state index in [4.69, 9.17) is 10.5 Å². The van der Waals surface area contributed by atoms with Crippen molar-refractivity contribution in [3.05, 3.63) is 35.9 Å². The summed E-state index contributed by atoms with van der Waals surface area (Å²) in [5.41, 5.74) is 6.67. The number of nitrogens with two attached hydrogens (primary N) is 1. The molecule has 0 aliphatic carbocycles. The lowest BCUT2D eigenvalue weighted by Gasteiger charge is -2.11. The van der Waals surface area contributed by atoms with E-state index in [1.807, 2.05) is 30.3 Å². The van der Waals surface area contributed by atoms with Crippen LogP contribution in [0.1, 0.15) is 5.56 Å². The molecule has 1 aromatic rings. The highest BCUT2D eigenvalue weighted by atomic mass is 35.5. The summed E-state index contributed by atoms with van der Waals surface area (Å²) in [5, 5.41) is 5.19. The Balaban J connectivity index is 0.00000400. The van der Waals surface area contributed by atoms with E-state index in [1.165, 1.54) is 7.11 Å². The number of hydrogen-bond acceptors (Lipinski definition) is 4. The number of amides is 2. The standard InChI is InChI=1S/C14H21N3O3.ClH/c1-20-10-12(15)14(19)17-9-13(18)16-8-7-11-5-3-2-4-6-11;/h2-6,12H,7-10,15H2,1H3,(H,16,18)(H,17,19);1H. The first-order chi connectivity index (χ1) is 9.63. The SMILES string of the molecule is COCC(N)C(=O)NCC(=O)NCCc1ccccc1.Cl. The topological polar surface area (TPSA) is 93.4 Å². The Labute approximate surface area is 130 Å². The lowest BCUT2D eigenvalue weighted by Crippen LogP contribution is -2.47. The molecule has 0 fully saturated rings. The summed E-state index contributed by atoms with van der Waals surface area (Å²) in [6, 6.07) is 9.09. The smallest absolute Gasteiger partial charge is 0.239 e. The van der Waals surface area contributed by atoms with Crippen molar-refractivity contribution in [2.45, 2.75) is 12.5 Å². The van der Waals surface area contributed by atoms with Gasteiger partial charge in [0.15, 0.2) is 0 Å². The van der Waals surface area contributed by atoms with Crippen LogP contribution >= 0.6 is 12.4 Å². The van der Waals surface area contributed by atoms with Crippen molar-refractivity contribution >= 4 is 24.2 Å². The molecule has 6 nitrogen and oxygen atoms in total.